The van der Waals surface area contributed by atoms with E-state index in [1.807, 2.05) is 17.3 Å². The normalized spacial score (nSPS) is 15.2. The maximum Gasteiger partial charge on any atom is 0.123 e. The Morgan fingerprint density at radius 2 is 1.88 bits per heavy atom. The van der Waals surface area contributed by atoms with Gasteiger partial charge in [-0.05, 0) is 78.9 Å². The molecule has 0 bridgehead atoms. The van der Waals surface area contributed by atoms with Gasteiger partial charge in [-0.3, -0.25) is 5.01 Å². The molecule has 4 heteroatoms. The zero-order chi connectivity index (χ0) is 17.8. The molecule has 1 aliphatic heterocycles. The van der Waals surface area contributed by atoms with E-state index in [-0.39, 0.29) is 5.82 Å². The summed E-state index contributed by atoms with van der Waals surface area (Å²) in [5.41, 5.74) is 5.57. The number of halogens is 1. The molecule has 0 aliphatic carbocycles. The lowest BCUT2D eigenvalue weighted by molar-refractivity contribution is 0.315. The number of benzene rings is 2. The molecule has 2 aromatic carbocycles. The molecule has 0 N–H and O–H groups in total. The van der Waals surface area contributed by atoms with Crippen molar-refractivity contribution in [2.24, 2.45) is 5.10 Å². The Balaban J connectivity index is 1.77. The number of ether oxygens (including phenoxy) is 1. The van der Waals surface area contributed by atoms with E-state index in [1.54, 1.807) is 12.1 Å². The monoisotopic (exact) mass is 338 g/mol. The maximum absolute atomic E-state index is 13.1. The van der Waals surface area contributed by atoms with Crippen molar-refractivity contribution >= 4 is 18.0 Å². The number of hydrazone groups is 1. The minimum atomic E-state index is -0.237. The zero-order valence-electron chi connectivity index (χ0n) is 14.9. The fraction of sp³-hybridized carbons (Fsp3) is 0.286. The molecule has 3 nitrogen and oxygen atoms in total. The largest absolute Gasteiger partial charge is 0.493 e. The highest BCUT2D eigenvalue weighted by Crippen LogP contribution is 2.27. The summed E-state index contributed by atoms with van der Waals surface area (Å²) in [6.45, 7) is 7.73. The van der Waals surface area contributed by atoms with Gasteiger partial charge in [0.05, 0.1) is 25.1 Å². The maximum atomic E-state index is 13.1. The van der Waals surface area contributed by atoms with Gasteiger partial charge >= 0.3 is 0 Å². The molecular weight excluding hydrogens is 315 g/mol. The van der Waals surface area contributed by atoms with Gasteiger partial charge < -0.3 is 4.74 Å². The average Bonchev–Trinajstić information content (AvgIpc) is 3.07. The Morgan fingerprint density at radius 1 is 1.12 bits per heavy atom. The second-order valence-electron chi connectivity index (χ2n) is 6.25. The van der Waals surface area contributed by atoms with Crippen LogP contribution in [0, 0.1) is 19.7 Å². The summed E-state index contributed by atoms with van der Waals surface area (Å²) in [7, 11) is 0. The number of hydrogen-bond donors (Lipinski definition) is 0. The van der Waals surface area contributed by atoms with Crippen LogP contribution in [0.25, 0.3) is 6.08 Å². The Bertz CT molecular complexity index is 809. The molecule has 3 rings (SSSR count). The van der Waals surface area contributed by atoms with E-state index >= 15 is 0 Å². The molecule has 0 atom stereocenters. The second-order valence-corrected chi connectivity index (χ2v) is 6.25. The number of hydrogen-bond acceptors (Lipinski definition) is 3. The molecule has 0 unspecified atom stereocenters. The summed E-state index contributed by atoms with van der Waals surface area (Å²) in [6.07, 6.45) is 5.01. The fourth-order valence-corrected chi connectivity index (χ4v) is 2.79. The standard InChI is InChI=1S/C21H23FN2O/c1-4-11-25-21-10-5-18(15(2)16(21)3)12-17-13-23-24(14-17)20-8-6-19(22)7-9-20/h5-10,12-13H,4,11,14H2,1-3H3. The van der Waals surface area contributed by atoms with Crippen LogP contribution in [0.2, 0.25) is 0 Å². The van der Waals surface area contributed by atoms with E-state index in [2.05, 4.69) is 38.0 Å². The lowest BCUT2D eigenvalue weighted by Crippen LogP contribution is -2.12. The summed E-state index contributed by atoms with van der Waals surface area (Å²) in [6, 6.07) is 10.5. The summed E-state index contributed by atoms with van der Waals surface area (Å²) < 4.78 is 18.8. The molecule has 0 radical (unpaired) electrons. The Labute approximate surface area is 148 Å². The van der Waals surface area contributed by atoms with Crippen LogP contribution in [0.4, 0.5) is 10.1 Å². The Kier molecular flexibility index (Phi) is 5.17. The van der Waals surface area contributed by atoms with Crippen molar-refractivity contribution in [2.45, 2.75) is 27.2 Å². The van der Waals surface area contributed by atoms with E-state index in [1.165, 1.54) is 28.8 Å². The van der Waals surface area contributed by atoms with E-state index in [0.29, 0.717) is 6.54 Å². The predicted molar refractivity (Wildman–Crippen MR) is 102 cm³/mol. The zero-order valence-corrected chi connectivity index (χ0v) is 14.9. The third-order valence-corrected chi connectivity index (χ3v) is 4.40. The quantitative estimate of drug-likeness (QED) is 0.756. The molecule has 0 fully saturated rings. The highest BCUT2D eigenvalue weighted by atomic mass is 19.1. The topological polar surface area (TPSA) is 24.8 Å². The molecule has 0 saturated carbocycles. The van der Waals surface area contributed by atoms with Gasteiger partial charge in [0.1, 0.15) is 11.6 Å². The van der Waals surface area contributed by atoms with Gasteiger partial charge in [-0.25, -0.2) is 4.39 Å². The van der Waals surface area contributed by atoms with Crippen LogP contribution in [0.3, 0.4) is 0 Å². The predicted octanol–water partition coefficient (Wildman–Crippen LogP) is 5.12. The third kappa shape index (κ3) is 3.90. The SMILES string of the molecule is CCCOc1ccc(C=C2C=NN(c3ccc(F)cc3)C2)c(C)c1C. The summed E-state index contributed by atoms with van der Waals surface area (Å²) >= 11 is 0. The fourth-order valence-electron chi connectivity index (χ4n) is 2.79. The van der Waals surface area contributed by atoms with Crippen LogP contribution in [-0.4, -0.2) is 19.4 Å². The Hall–Kier alpha value is -2.62. The molecule has 0 aromatic heterocycles. The first kappa shape index (κ1) is 17.2. The van der Waals surface area contributed by atoms with Gasteiger partial charge in [0.2, 0.25) is 0 Å². The highest BCUT2D eigenvalue weighted by molar-refractivity contribution is 5.90. The van der Waals surface area contributed by atoms with Gasteiger partial charge in [-0.1, -0.05) is 13.0 Å². The first-order chi connectivity index (χ1) is 12.1. The minimum absolute atomic E-state index is 0.237. The molecule has 0 spiro atoms. The lowest BCUT2D eigenvalue weighted by atomic mass is 10.0. The lowest BCUT2D eigenvalue weighted by Gasteiger charge is -2.14. The average molecular weight is 338 g/mol. The first-order valence-corrected chi connectivity index (χ1v) is 8.59. The van der Waals surface area contributed by atoms with Crippen molar-refractivity contribution in [1.29, 1.82) is 0 Å². The van der Waals surface area contributed by atoms with Crippen LogP contribution in [-0.2, 0) is 0 Å². The smallest absolute Gasteiger partial charge is 0.123 e. The highest BCUT2D eigenvalue weighted by Gasteiger charge is 2.14. The van der Waals surface area contributed by atoms with E-state index in [0.717, 1.165) is 30.0 Å². The van der Waals surface area contributed by atoms with E-state index < -0.39 is 0 Å². The van der Waals surface area contributed by atoms with Gasteiger partial charge in [0.25, 0.3) is 0 Å². The van der Waals surface area contributed by atoms with Gasteiger partial charge in [-0.15, -0.1) is 0 Å². The molecule has 130 valence electrons. The van der Waals surface area contributed by atoms with Crippen molar-refractivity contribution < 1.29 is 9.13 Å². The summed E-state index contributed by atoms with van der Waals surface area (Å²) in [5, 5.41) is 6.28. The van der Waals surface area contributed by atoms with Crippen LogP contribution in [0.15, 0.2) is 47.1 Å². The molecule has 1 aliphatic rings. The van der Waals surface area contributed by atoms with Crippen molar-refractivity contribution in [2.75, 3.05) is 18.2 Å². The van der Waals surface area contributed by atoms with Crippen molar-refractivity contribution in [1.82, 2.24) is 0 Å². The van der Waals surface area contributed by atoms with E-state index in [4.69, 9.17) is 4.74 Å². The van der Waals surface area contributed by atoms with Crippen LogP contribution in [0.5, 0.6) is 5.75 Å². The number of anilines is 1. The number of rotatable bonds is 5. The van der Waals surface area contributed by atoms with Crippen LogP contribution >= 0.6 is 0 Å². The molecule has 0 amide bonds. The number of nitrogens with zero attached hydrogens (tertiary/aromatic N) is 2. The third-order valence-electron chi connectivity index (χ3n) is 4.40. The molecular formula is C21H23FN2O. The van der Waals surface area contributed by atoms with E-state index in [9.17, 15) is 4.39 Å². The molecule has 1 heterocycles. The second kappa shape index (κ2) is 7.51. The van der Waals surface area contributed by atoms with Crippen molar-refractivity contribution in [3.05, 3.63) is 64.5 Å². The van der Waals surface area contributed by atoms with Gasteiger partial charge in [0.15, 0.2) is 0 Å². The molecule has 2 aromatic rings. The van der Waals surface area contributed by atoms with Crippen molar-refractivity contribution in [3.8, 4) is 5.75 Å². The molecule has 0 saturated heterocycles. The van der Waals surface area contributed by atoms with Gasteiger partial charge in [0, 0.05) is 0 Å². The minimum Gasteiger partial charge on any atom is -0.493 e. The van der Waals surface area contributed by atoms with Crippen LogP contribution < -0.4 is 9.75 Å². The summed E-state index contributed by atoms with van der Waals surface area (Å²) in [4.78, 5) is 0. The summed E-state index contributed by atoms with van der Waals surface area (Å²) in [5.74, 6) is 0.716. The molecule has 25 heavy (non-hydrogen) atoms. The van der Waals surface area contributed by atoms with Gasteiger partial charge in [-0.2, -0.15) is 5.10 Å². The Morgan fingerprint density at radius 3 is 2.60 bits per heavy atom. The first-order valence-electron chi connectivity index (χ1n) is 8.59. The van der Waals surface area contributed by atoms with Crippen molar-refractivity contribution in [3.63, 3.8) is 0 Å². The van der Waals surface area contributed by atoms with Crippen LogP contribution in [0.1, 0.15) is 30.0 Å².